The molecule has 16 aromatic rings. The Morgan fingerprint density at radius 3 is 1.04 bits per heavy atom. The first kappa shape index (κ1) is 37.1. The van der Waals surface area contributed by atoms with E-state index in [2.05, 4.69) is 135 Å². The molecule has 0 bridgehead atoms. The number of nitrogens with zero attached hydrogens (tertiary/aromatic N) is 5. The van der Waals surface area contributed by atoms with Crippen LogP contribution in [-0.2, 0) is 0 Å². The molecule has 10 aromatic carbocycles. The summed E-state index contributed by atoms with van der Waals surface area (Å²) in [6.07, 6.45) is 0. The topological polar surface area (TPSA) is 102 Å². The maximum absolute atomic E-state index is 11.9. The molecule has 8 nitrogen and oxygen atoms in total. The minimum atomic E-state index is 0.247. The number of para-hydroxylation sites is 6. The molecule has 0 spiro atoms. The van der Waals surface area contributed by atoms with E-state index in [0.717, 1.165) is 137 Å². The van der Waals surface area contributed by atoms with Crippen molar-refractivity contribution in [2.75, 3.05) is 0 Å². The molecule has 0 saturated heterocycles. The van der Waals surface area contributed by atoms with Gasteiger partial charge in [-0.3, -0.25) is 0 Å². The first-order valence-corrected chi connectivity index (χ1v) is 23.2. The molecule has 0 amide bonds. The summed E-state index contributed by atoms with van der Waals surface area (Å²) in [5.41, 5.74) is 12.6. The Hall–Kier alpha value is -10.0. The Bertz CT molecular complexity index is 5110. The van der Waals surface area contributed by atoms with Gasteiger partial charge in [-0.25, -0.2) is 0 Å². The fourth-order valence-electron chi connectivity index (χ4n) is 12.0. The third kappa shape index (κ3) is 4.57. The van der Waals surface area contributed by atoms with Crippen LogP contribution in [0, 0.1) is 22.7 Å². The van der Waals surface area contributed by atoms with Crippen LogP contribution in [0.25, 0.3) is 148 Å². The predicted molar refractivity (Wildman–Crippen MR) is 281 cm³/mol. The van der Waals surface area contributed by atoms with Crippen molar-refractivity contribution < 1.29 is 13.3 Å². The summed E-state index contributed by atoms with van der Waals surface area (Å²) in [5, 5.41) is 35.8. The Labute approximate surface area is 395 Å². The van der Waals surface area contributed by atoms with E-state index >= 15 is 0 Å². The van der Waals surface area contributed by atoms with E-state index < -0.39 is 0 Å². The summed E-state index contributed by atoms with van der Waals surface area (Å²) in [7, 11) is 0. The molecule has 0 aliphatic heterocycles. The molecule has 0 fully saturated rings. The fourth-order valence-corrected chi connectivity index (χ4v) is 12.0. The fraction of sp³-hybridized carbons (Fsp3) is 0. The zero-order valence-corrected chi connectivity index (χ0v) is 36.9. The van der Waals surface area contributed by atoms with Crippen LogP contribution in [0.5, 0.6) is 0 Å². The average molecular weight is 894 g/mol. The molecule has 0 aliphatic carbocycles. The highest BCUT2D eigenvalue weighted by Gasteiger charge is 2.30. The predicted octanol–water partition coefficient (Wildman–Crippen LogP) is 16.4. The number of fused-ring (bicyclic) bond motifs is 21. The van der Waals surface area contributed by atoms with Crippen LogP contribution in [0.4, 0.5) is 0 Å². The minimum Gasteiger partial charge on any atom is -0.456 e. The van der Waals surface area contributed by atoms with Crippen LogP contribution in [-0.4, -0.2) is 13.7 Å². The zero-order chi connectivity index (χ0) is 45.9. The van der Waals surface area contributed by atoms with Crippen LogP contribution in [0.1, 0.15) is 11.1 Å². The summed E-state index contributed by atoms with van der Waals surface area (Å²) in [6.45, 7) is 0. The summed E-state index contributed by atoms with van der Waals surface area (Å²) >= 11 is 0. The first-order valence-electron chi connectivity index (χ1n) is 23.2. The molecule has 8 heteroatoms. The molecule has 0 saturated carbocycles. The van der Waals surface area contributed by atoms with Gasteiger partial charge in [-0.1, -0.05) is 109 Å². The maximum atomic E-state index is 11.9. The number of aromatic nitrogens is 3. The Balaban J connectivity index is 1.14. The van der Waals surface area contributed by atoms with Crippen molar-refractivity contribution in [1.29, 1.82) is 10.5 Å². The smallest absolute Gasteiger partial charge is 0.136 e. The molecule has 322 valence electrons. The van der Waals surface area contributed by atoms with Crippen molar-refractivity contribution in [2.45, 2.75) is 0 Å². The van der Waals surface area contributed by atoms with Crippen LogP contribution < -0.4 is 0 Å². The van der Waals surface area contributed by atoms with Gasteiger partial charge in [-0.2, -0.15) is 10.5 Å². The maximum Gasteiger partial charge on any atom is 0.136 e. The lowest BCUT2D eigenvalue weighted by atomic mass is 10.0. The lowest BCUT2D eigenvalue weighted by Crippen LogP contribution is -2.11. The van der Waals surface area contributed by atoms with E-state index in [1.165, 1.54) is 0 Å². The molecule has 0 aliphatic rings. The average Bonchev–Trinajstić information content (AvgIpc) is 4.26. The summed E-state index contributed by atoms with van der Waals surface area (Å²) in [4.78, 5) is 0. The second kappa shape index (κ2) is 13.3. The van der Waals surface area contributed by atoms with Gasteiger partial charge in [0.25, 0.3) is 0 Å². The van der Waals surface area contributed by atoms with Gasteiger partial charge in [-0.15, -0.1) is 0 Å². The molecule has 0 radical (unpaired) electrons. The zero-order valence-electron chi connectivity index (χ0n) is 36.9. The van der Waals surface area contributed by atoms with Gasteiger partial charge in [0.2, 0.25) is 0 Å². The van der Waals surface area contributed by atoms with E-state index in [1.807, 2.05) is 78.9 Å². The third-order valence-electron chi connectivity index (χ3n) is 14.7. The highest BCUT2D eigenvalue weighted by Crippen LogP contribution is 2.48. The van der Waals surface area contributed by atoms with Gasteiger partial charge in [0.15, 0.2) is 0 Å². The highest BCUT2D eigenvalue weighted by atomic mass is 16.3. The van der Waals surface area contributed by atoms with Gasteiger partial charge >= 0.3 is 0 Å². The lowest BCUT2D eigenvalue weighted by molar-refractivity contribution is 0.669. The molecule has 6 heterocycles. The molecule has 0 atom stereocenters. The van der Waals surface area contributed by atoms with Gasteiger partial charge in [0.1, 0.15) is 45.6 Å². The highest BCUT2D eigenvalue weighted by molar-refractivity contribution is 6.30. The molecule has 0 unspecified atom stereocenters. The second-order valence-electron chi connectivity index (χ2n) is 18.1. The number of nitriles is 2. The van der Waals surface area contributed by atoms with Crippen molar-refractivity contribution in [2.24, 2.45) is 0 Å². The molecular weight excluding hydrogens is 863 g/mol. The van der Waals surface area contributed by atoms with Crippen LogP contribution in [0.3, 0.4) is 0 Å². The summed E-state index contributed by atoms with van der Waals surface area (Å²) in [5.74, 6) is 0. The molecule has 70 heavy (non-hydrogen) atoms. The van der Waals surface area contributed by atoms with Gasteiger partial charge in [-0.05, 0) is 78.9 Å². The number of hydrogen-bond acceptors (Lipinski definition) is 5. The Morgan fingerprint density at radius 1 is 0.286 bits per heavy atom. The number of furan rings is 3. The molecular formula is C62H31N5O3. The van der Waals surface area contributed by atoms with E-state index in [9.17, 15) is 10.5 Å². The van der Waals surface area contributed by atoms with Gasteiger partial charge in [0.05, 0.1) is 61.3 Å². The van der Waals surface area contributed by atoms with Crippen molar-refractivity contribution in [3.63, 3.8) is 0 Å². The molecule has 16 rings (SSSR count). The van der Waals surface area contributed by atoms with E-state index in [0.29, 0.717) is 11.4 Å². The van der Waals surface area contributed by atoms with Crippen molar-refractivity contribution in [1.82, 2.24) is 13.7 Å². The van der Waals surface area contributed by atoms with Crippen molar-refractivity contribution >= 4 is 131 Å². The minimum absolute atomic E-state index is 0.247. The van der Waals surface area contributed by atoms with E-state index in [4.69, 9.17) is 13.3 Å². The molecule has 6 aromatic heterocycles. The number of benzene rings is 10. The SMILES string of the molecule is N#Cc1c(-n2c3ccccc3c3c4c(ccc32)oc2ccccc24)cc(-n2c3ccccc3c3c4c(ccc32)oc2ccccc24)c(-n2c3ccccc3c3c4c(ccc32)oc2ccccc24)c1C#N. The van der Waals surface area contributed by atoms with Crippen LogP contribution in [0.2, 0.25) is 0 Å². The quantitative estimate of drug-likeness (QED) is 0.176. The number of rotatable bonds is 3. The van der Waals surface area contributed by atoms with Gasteiger partial charge in [0, 0.05) is 64.6 Å². The molecule has 0 N–H and O–H groups in total. The first-order chi connectivity index (χ1) is 34.7. The normalized spacial score (nSPS) is 12.3. The van der Waals surface area contributed by atoms with Gasteiger partial charge < -0.3 is 27.0 Å². The van der Waals surface area contributed by atoms with E-state index in [1.54, 1.807) is 0 Å². The second-order valence-corrected chi connectivity index (χ2v) is 18.1. The van der Waals surface area contributed by atoms with Crippen molar-refractivity contribution in [3.8, 4) is 29.2 Å². The van der Waals surface area contributed by atoms with Crippen molar-refractivity contribution in [3.05, 3.63) is 199 Å². The summed E-state index contributed by atoms with van der Waals surface area (Å²) in [6, 6.07) is 69.3. The van der Waals surface area contributed by atoms with E-state index in [-0.39, 0.29) is 11.1 Å². The Morgan fingerprint density at radius 2 is 0.629 bits per heavy atom. The third-order valence-corrected chi connectivity index (χ3v) is 14.7. The largest absolute Gasteiger partial charge is 0.456 e. The van der Waals surface area contributed by atoms with Crippen LogP contribution >= 0.6 is 0 Å². The number of hydrogen-bond donors (Lipinski definition) is 0. The monoisotopic (exact) mass is 893 g/mol. The summed E-state index contributed by atoms with van der Waals surface area (Å²) < 4.78 is 26.1. The van der Waals surface area contributed by atoms with Crippen LogP contribution in [0.15, 0.2) is 201 Å². The standard InChI is InChI=1S/C62H31N5O3/c63-32-40-41(33-64)62(67-44-21-9-3-15-36(44)58-47(67)27-30-55-61(58)39-18-6-12-24-52(39)70-55)49(66-43-20-8-2-14-35(43)57-46(66)26-29-54-60(57)38-17-5-11-23-51(38)69-54)31-48(40)65-42-19-7-1-13-34(42)56-45(65)25-28-53-59(56)37-16-4-10-22-50(37)68-53/h1-31H. The Kier molecular flexibility index (Phi) is 7.06. The lowest BCUT2D eigenvalue weighted by Gasteiger charge is -2.22.